The van der Waals surface area contributed by atoms with E-state index in [0.717, 1.165) is 82.6 Å². The first-order valence-corrected chi connectivity index (χ1v) is 44.1. The Morgan fingerprint density at radius 3 is 1.41 bits per heavy atom. The molecule has 5 saturated heterocycles. The van der Waals surface area contributed by atoms with Crippen LogP contribution in [0.4, 0.5) is 0 Å². The second-order valence-corrected chi connectivity index (χ2v) is 32.7. The van der Waals surface area contributed by atoms with Crippen LogP contribution >= 0.6 is 0 Å². The van der Waals surface area contributed by atoms with Crippen LogP contribution in [0.3, 0.4) is 0 Å². The molecule has 1 aromatic carbocycles. The molecule has 1 aromatic rings. The van der Waals surface area contributed by atoms with Gasteiger partial charge in [-0.15, -0.1) is 0 Å². The Balaban J connectivity index is 0.838. The molecule has 37 heteroatoms. The van der Waals surface area contributed by atoms with E-state index in [1.807, 2.05) is 12.1 Å². The molecule has 5 heterocycles. The second-order valence-electron chi connectivity index (χ2n) is 32.7. The number of rotatable bonds is 62. The van der Waals surface area contributed by atoms with Crippen molar-refractivity contribution in [3.05, 3.63) is 29.8 Å². The molecule has 2 amide bonds. The molecule has 0 aliphatic carbocycles. The van der Waals surface area contributed by atoms with Gasteiger partial charge >= 0.3 is 11.9 Å². The Morgan fingerprint density at radius 1 is 0.421 bits per heavy atom. The molecule has 0 radical (unpaired) electrons. The van der Waals surface area contributed by atoms with Crippen molar-refractivity contribution < 1.29 is 173 Å². The average molecular weight is 1740 g/mol. The van der Waals surface area contributed by atoms with Crippen molar-refractivity contribution in [3.63, 3.8) is 0 Å². The smallest absolute Gasteiger partial charge is 0.335 e. The quantitative estimate of drug-likeness (QED) is 0.0409. The predicted octanol–water partition coefficient (Wildman–Crippen LogP) is 1.29. The highest BCUT2D eigenvalue weighted by molar-refractivity contribution is 5.84. The Morgan fingerprint density at radius 2 is 0.851 bits per heavy atom. The van der Waals surface area contributed by atoms with Crippen LogP contribution in [0, 0.1) is 0 Å². The molecule has 0 spiro atoms. The first kappa shape index (κ1) is 105. The molecule has 700 valence electrons. The van der Waals surface area contributed by atoms with Gasteiger partial charge in [-0.2, -0.15) is 0 Å². The van der Waals surface area contributed by atoms with Crippen LogP contribution < -0.4 is 15.4 Å². The van der Waals surface area contributed by atoms with Crippen molar-refractivity contribution in [2.45, 2.75) is 410 Å². The van der Waals surface area contributed by atoms with Crippen LogP contribution in [0.15, 0.2) is 24.3 Å². The summed E-state index contributed by atoms with van der Waals surface area (Å²) in [5.41, 5.74) is 0.761. The molecule has 37 nitrogen and oxygen atoms in total. The van der Waals surface area contributed by atoms with E-state index in [1.165, 1.54) is 51.4 Å². The van der Waals surface area contributed by atoms with Gasteiger partial charge in [0.2, 0.25) is 11.8 Å². The van der Waals surface area contributed by atoms with Gasteiger partial charge in [-0.05, 0) is 69.1 Å². The number of benzene rings is 1. The molecule has 20 N–H and O–H groups in total. The fourth-order valence-corrected chi connectivity index (χ4v) is 15.7. The van der Waals surface area contributed by atoms with Crippen LogP contribution in [0.5, 0.6) is 5.75 Å². The summed E-state index contributed by atoms with van der Waals surface area (Å²) < 4.78 is 67.5. The average Bonchev–Trinajstić information content (AvgIpc) is 0.778. The minimum atomic E-state index is -2.30. The lowest BCUT2D eigenvalue weighted by Crippen LogP contribution is -2.68. The summed E-state index contributed by atoms with van der Waals surface area (Å²) in [5, 5.41) is 200. The van der Waals surface area contributed by atoms with Gasteiger partial charge in [0.1, 0.15) is 128 Å². The largest absolute Gasteiger partial charge is 0.497 e. The maximum Gasteiger partial charge on any atom is 0.335 e. The lowest BCUT2D eigenvalue weighted by Gasteiger charge is -2.48. The number of Topliss-reactive ketones (excluding diaryl/α,β-unsaturated/α-hetero) is 1. The number of carbonyl (C=O) groups is 5. The van der Waals surface area contributed by atoms with Gasteiger partial charge in [0.15, 0.2) is 43.7 Å². The van der Waals surface area contributed by atoms with Crippen molar-refractivity contribution in [1.82, 2.24) is 10.6 Å². The zero-order valence-electron chi connectivity index (χ0n) is 70.5. The highest BCUT2D eigenvalue weighted by atomic mass is 16.8. The lowest BCUT2D eigenvalue weighted by atomic mass is 9.91. The fraction of sp³-hybridized carbons (Fsp3) is 0.869. The zero-order valence-corrected chi connectivity index (χ0v) is 70.5. The summed E-state index contributed by atoms with van der Waals surface area (Å²) in [7, 11) is 1.57. The van der Waals surface area contributed by atoms with E-state index in [1.54, 1.807) is 19.2 Å². The molecule has 0 aromatic heterocycles. The second kappa shape index (κ2) is 57.3. The Kier molecular flexibility index (Phi) is 49.9. The molecule has 6 rings (SSSR count). The van der Waals surface area contributed by atoms with Crippen molar-refractivity contribution in [1.29, 1.82) is 0 Å². The van der Waals surface area contributed by atoms with E-state index < -0.39 is 209 Å². The van der Waals surface area contributed by atoms with E-state index in [4.69, 9.17) is 56.8 Å². The Bertz CT molecular complexity index is 3010. The van der Waals surface area contributed by atoms with Gasteiger partial charge in [0, 0.05) is 39.0 Å². The Labute approximate surface area is 708 Å². The monoisotopic (exact) mass is 1740 g/mol. The number of carboxylic acid groups (broad SMARTS) is 2. The molecule has 121 heavy (non-hydrogen) atoms. The molecule has 5 aliphatic heterocycles. The number of carbonyl (C=O) groups excluding carboxylic acids is 3. The number of nitrogens with one attached hydrogen (secondary N) is 2. The highest BCUT2D eigenvalue weighted by Crippen LogP contribution is 2.37. The van der Waals surface area contributed by atoms with Crippen molar-refractivity contribution >= 4 is 29.5 Å². The molecule has 26 unspecified atom stereocenters. The molecular formula is C84H144N2O35. The molecule has 29 atom stereocenters. The number of unbranched alkanes of at least 4 members (excludes halogenated alkanes) is 24. The standard InChI is InChI=1S/C84H144N2O35/c1-4-6-8-10-12-13-14-15-16-18-20-27-36-54(90)59(92)53(86-77(105)52(35-26-19-17-11-9-7-5-2)49-38-40-51(110-3)41-39-49)47-113-81-66(99)61(94)60(93)57(116-81)48-111-43-31-24-22-30-42-85-58(91)37-29-28-34-50(89)33-25-21-23-32-44-112-80-68(101)64(97)72(55(45-87)114-80)118-84-71(104)74(70(103)76(121-84)79(108)109)119-82-69(102)65(98)73(56(46-88)115-82)117-83-67(100)62(95)63(96)75(120-83)78(106)107/h38-41,52-57,59-76,80-84,87-88,90,92-104H,4-37,42-48H2,1-3H3,(H,85,91)(H,86,105)(H,106,107)(H,108,109)/t52?,53-,54+,55?,56?,57?,59-,60?,61?,62?,63?,64?,65?,66?,67?,68?,69?,70?,71?,72?,73?,74?,75?,76?,80?,81?,82?,83?,84?/m0/s1. The van der Waals surface area contributed by atoms with Crippen molar-refractivity contribution in [2.75, 3.05) is 53.3 Å². The van der Waals surface area contributed by atoms with Gasteiger partial charge in [0.05, 0.1) is 51.6 Å². The maximum absolute atomic E-state index is 14.5. The van der Waals surface area contributed by atoms with Crippen LogP contribution in [0.1, 0.15) is 244 Å². The number of aliphatic carboxylic acids is 2. The van der Waals surface area contributed by atoms with Crippen LogP contribution in [0.25, 0.3) is 0 Å². The first-order valence-electron chi connectivity index (χ1n) is 44.1. The van der Waals surface area contributed by atoms with Gasteiger partial charge in [-0.3, -0.25) is 14.4 Å². The van der Waals surface area contributed by atoms with E-state index in [9.17, 15) is 116 Å². The topological polar surface area (TPSA) is 584 Å². The number of ether oxygens (including phenoxy) is 12. The minimum absolute atomic E-state index is 0.0141. The molecule has 0 bridgehead atoms. The third-order valence-electron chi connectivity index (χ3n) is 23.2. The highest BCUT2D eigenvalue weighted by Gasteiger charge is 2.57. The summed E-state index contributed by atoms with van der Waals surface area (Å²) in [5.74, 6) is -4.06. The van der Waals surface area contributed by atoms with Gasteiger partial charge in [-0.1, -0.05) is 174 Å². The third-order valence-corrected chi connectivity index (χ3v) is 23.2. The Hall–Kier alpha value is -4.51. The summed E-state index contributed by atoms with van der Waals surface area (Å²) >= 11 is 0. The molecule has 0 saturated carbocycles. The molecule has 5 aliphatic rings. The number of ketones is 1. The van der Waals surface area contributed by atoms with E-state index >= 15 is 0 Å². The summed E-state index contributed by atoms with van der Waals surface area (Å²) in [6, 6.07) is 6.13. The number of hydrogen-bond donors (Lipinski definition) is 20. The fourth-order valence-electron chi connectivity index (χ4n) is 15.7. The van der Waals surface area contributed by atoms with Gasteiger partial charge in [0.25, 0.3) is 0 Å². The van der Waals surface area contributed by atoms with Gasteiger partial charge in [-0.25, -0.2) is 9.59 Å². The number of carboxylic acids is 2. The van der Waals surface area contributed by atoms with Crippen LogP contribution in [-0.2, 0) is 76.1 Å². The van der Waals surface area contributed by atoms with E-state index in [0.29, 0.717) is 89.3 Å². The van der Waals surface area contributed by atoms with Crippen LogP contribution in [-0.4, -0.2) is 347 Å². The number of aliphatic hydroxyl groups excluding tert-OH is 16. The SMILES string of the molecule is CCCCCCCCCCCCCC[C@@H](O)[C@@H](O)[C@H](COC1OC(COCCCCCCNC(=O)CCCCC(=O)CCCCCCOC2OC(CO)C(OC3OC(C(=O)O)C(O)C(OC4OC(CO)C(OC5OC(C(=O)O)C(O)C(O)C5O)C(O)C4O)C3O)C(O)C2O)C(O)C(O)C1O)NC(=O)C(CCCCCCCCC)c1ccc(OC)cc1. The normalized spacial score (nSPS) is 31.8. The summed E-state index contributed by atoms with van der Waals surface area (Å²) in [6.07, 6.45) is -22.3. The number of aliphatic hydroxyl groups is 16. The van der Waals surface area contributed by atoms with Gasteiger partial charge < -0.3 is 159 Å². The van der Waals surface area contributed by atoms with Crippen molar-refractivity contribution in [2.24, 2.45) is 0 Å². The van der Waals surface area contributed by atoms with Crippen molar-refractivity contribution in [3.8, 4) is 5.75 Å². The number of methoxy groups -OCH3 is 1. The number of hydrogen-bond acceptors (Lipinski definition) is 33. The predicted molar refractivity (Wildman–Crippen MR) is 428 cm³/mol. The summed E-state index contributed by atoms with van der Waals surface area (Å²) in [4.78, 5) is 63.8. The maximum atomic E-state index is 14.5. The first-order chi connectivity index (χ1) is 58.1. The molecule has 5 fully saturated rings. The third kappa shape index (κ3) is 34.2. The number of amides is 2. The van der Waals surface area contributed by atoms with E-state index in [2.05, 4.69) is 24.5 Å². The molecular weight excluding hydrogens is 1600 g/mol. The van der Waals surface area contributed by atoms with Crippen LogP contribution in [0.2, 0.25) is 0 Å². The summed E-state index contributed by atoms with van der Waals surface area (Å²) in [6.45, 7) is 2.56. The lowest BCUT2D eigenvalue weighted by molar-refractivity contribution is -0.385. The minimum Gasteiger partial charge on any atom is -0.497 e. The van der Waals surface area contributed by atoms with E-state index in [-0.39, 0.29) is 50.3 Å². The zero-order chi connectivity index (χ0) is 88.5.